The number of anilines is 1. The number of piperidine rings is 1. The Morgan fingerprint density at radius 3 is 2.50 bits per heavy atom. The molecule has 1 heterocycles. The molecule has 1 saturated heterocycles. The van der Waals surface area contributed by atoms with Crippen LogP contribution in [-0.2, 0) is 11.3 Å². The molecule has 1 aromatic carbocycles. The predicted molar refractivity (Wildman–Crippen MR) is 92.8 cm³/mol. The molecule has 0 saturated carbocycles. The first-order chi connectivity index (χ1) is 11.2. The number of ether oxygens (including phenoxy) is 1. The molecule has 6 nitrogen and oxygen atoms in total. The number of likely N-dealkylation sites (tertiary alicyclic amines) is 1. The van der Waals surface area contributed by atoms with E-state index in [2.05, 4.69) is 5.32 Å². The molecule has 1 aromatic rings. The third-order valence-electron chi connectivity index (χ3n) is 4.14. The number of para-hydroxylation sites is 1. The number of aliphatic hydroxyl groups excluding tert-OH is 1. The van der Waals surface area contributed by atoms with Crippen molar-refractivity contribution in [2.24, 2.45) is 0 Å². The number of carbonyl (C=O) groups is 1. The summed E-state index contributed by atoms with van der Waals surface area (Å²) in [6.45, 7) is 6.79. The fraction of sp³-hybridized carbons (Fsp3) is 0.611. The summed E-state index contributed by atoms with van der Waals surface area (Å²) < 4.78 is 5.37. The van der Waals surface area contributed by atoms with Gasteiger partial charge in [0.2, 0.25) is 0 Å². The molecule has 0 bridgehead atoms. The highest BCUT2D eigenvalue weighted by molar-refractivity contribution is 5.68. The standard InChI is InChI=1S/C18H28N2O4/c1-17(2,3)24-16(22)20-10-8-18(23,9-11-20)13-19-15-7-5-4-6-14(15)12-21/h4-7,19,21,23H,8-13H2,1-3H3. The number of hydrogen-bond donors (Lipinski definition) is 3. The van der Waals surface area contributed by atoms with Crippen LogP contribution in [0.3, 0.4) is 0 Å². The first kappa shape index (κ1) is 18.5. The van der Waals surface area contributed by atoms with E-state index < -0.39 is 11.2 Å². The monoisotopic (exact) mass is 336 g/mol. The second-order valence-electron chi connectivity index (χ2n) is 7.36. The van der Waals surface area contributed by atoms with Crippen molar-refractivity contribution >= 4 is 11.8 Å². The maximum atomic E-state index is 12.1. The molecule has 1 aliphatic heterocycles. The largest absolute Gasteiger partial charge is 0.444 e. The molecule has 24 heavy (non-hydrogen) atoms. The lowest BCUT2D eigenvalue weighted by molar-refractivity contribution is -0.0244. The van der Waals surface area contributed by atoms with Gasteiger partial charge in [0.25, 0.3) is 0 Å². The van der Waals surface area contributed by atoms with E-state index in [4.69, 9.17) is 4.74 Å². The van der Waals surface area contributed by atoms with E-state index in [1.54, 1.807) is 4.90 Å². The Morgan fingerprint density at radius 1 is 1.29 bits per heavy atom. The van der Waals surface area contributed by atoms with Crippen LogP contribution >= 0.6 is 0 Å². The number of benzene rings is 1. The van der Waals surface area contributed by atoms with E-state index in [1.165, 1.54) is 0 Å². The number of nitrogens with one attached hydrogen (secondary N) is 1. The van der Waals surface area contributed by atoms with E-state index in [0.717, 1.165) is 11.3 Å². The number of aliphatic hydroxyl groups is 2. The van der Waals surface area contributed by atoms with Crippen molar-refractivity contribution in [1.29, 1.82) is 0 Å². The fourth-order valence-corrected chi connectivity index (χ4v) is 2.70. The van der Waals surface area contributed by atoms with Crippen LogP contribution < -0.4 is 5.32 Å². The van der Waals surface area contributed by atoms with Gasteiger partial charge in [-0.3, -0.25) is 0 Å². The minimum atomic E-state index is -0.874. The van der Waals surface area contributed by atoms with Gasteiger partial charge in [0.1, 0.15) is 5.60 Å². The Kier molecular flexibility index (Phi) is 5.72. The zero-order valence-corrected chi connectivity index (χ0v) is 14.7. The lowest BCUT2D eigenvalue weighted by Crippen LogP contribution is -2.50. The zero-order chi connectivity index (χ0) is 17.8. The second-order valence-corrected chi connectivity index (χ2v) is 7.36. The first-order valence-corrected chi connectivity index (χ1v) is 8.35. The van der Waals surface area contributed by atoms with Gasteiger partial charge in [-0.1, -0.05) is 18.2 Å². The van der Waals surface area contributed by atoms with Crippen molar-refractivity contribution in [3.63, 3.8) is 0 Å². The number of carbonyl (C=O) groups excluding carboxylic acids is 1. The minimum Gasteiger partial charge on any atom is -0.444 e. The molecule has 0 unspecified atom stereocenters. The predicted octanol–water partition coefficient (Wildman–Crippen LogP) is 2.35. The van der Waals surface area contributed by atoms with Crippen LogP contribution in [0, 0.1) is 0 Å². The number of amides is 1. The third kappa shape index (κ3) is 5.11. The van der Waals surface area contributed by atoms with E-state index in [0.29, 0.717) is 32.5 Å². The van der Waals surface area contributed by atoms with Gasteiger partial charge in [-0.05, 0) is 39.7 Å². The van der Waals surface area contributed by atoms with Crippen LogP contribution in [-0.4, -0.2) is 52.0 Å². The molecule has 0 radical (unpaired) electrons. The smallest absolute Gasteiger partial charge is 0.410 e. The normalized spacial score (nSPS) is 17.5. The maximum Gasteiger partial charge on any atom is 0.410 e. The van der Waals surface area contributed by atoms with Crippen molar-refractivity contribution < 1.29 is 19.7 Å². The highest BCUT2D eigenvalue weighted by Gasteiger charge is 2.35. The molecule has 2 rings (SSSR count). The summed E-state index contributed by atoms with van der Waals surface area (Å²) in [5.74, 6) is 0. The Bertz CT molecular complexity index is 560. The summed E-state index contributed by atoms with van der Waals surface area (Å²) >= 11 is 0. The van der Waals surface area contributed by atoms with E-state index >= 15 is 0 Å². The molecular formula is C18H28N2O4. The van der Waals surface area contributed by atoms with Gasteiger partial charge in [-0.15, -0.1) is 0 Å². The lowest BCUT2D eigenvalue weighted by atomic mass is 9.91. The van der Waals surface area contributed by atoms with Crippen LogP contribution in [0.25, 0.3) is 0 Å². The highest BCUT2D eigenvalue weighted by atomic mass is 16.6. The van der Waals surface area contributed by atoms with E-state index in [-0.39, 0.29) is 12.7 Å². The van der Waals surface area contributed by atoms with Crippen molar-refractivity contribution in [3.8, 4) is 0 Å². The zero-order valence-electron chi connectivity index (χ0n) is 14.7. The Balaban J connectivity index is 1.87. The summed E-state index contributed by atoms with van der Waals surface area (Å²) in [7, 11) is 0. The highest BCUT2D eigenvalue weighted by Crippen LogP contribution is 2.25. The van der Waals surface area contributed by atoms with E-state index in [9.17, 15) is 15.0 Å². The second kappa shape index (κ2) is 7.40. The van der Waals surface area contributed by atoms with Crippen molar-refractivity contribution in [2.45, 2.75) is 51.4 Å². The molecule has 0 spiro atoms. The molecule has 1 fully saturated rings. The number of nitrogens with zero attached hydrogens (tertiary/aromatic N) is 1. The lowest BCUT2D eigenvalue weighted by Gasteiger charge is -2.38. The van der Waals surface area contributed by atoms with Crippen molar-refractivity contribution in [3.05, 3.63) is 29.8 Å². The average Bonchev–Trinajstić information content (AvgIpc) is 2.52. The molecule has 0 aliphatic carbocycles. The van der Waals surface area contributed by atoms with Gasteiger partial charge >= 0.3 is 6.09 Å². The van der Waals surface area contributed by atoms with Crippen LogP contribution in [0.1, 0.15) is 39.2 Å². The maximum absolute atomic E-state index is 12.1. The molecular weight excluding hydrogens is 308 g/mol. The Hall–Kier alpha value is -1.79. The summed E-state index contributed by atoms with van der Waals surface area (Å²) in [5.41, 5.74) is 0.233. The van der Waals surface area contributed by atoms with Gasteiger partial charge in [0, 0.05) is 30.9 Å². The molecule has 1 amide bonds. The van der Waals surface area contributed by atoms with Crippen LogP contribution in [0.4, 0.5) is 10.5 Å². The third-order valence-corrected chi connectivity index (χ3v) is 4.14. The summed E-state index contributed by atoms with van der Waals surface area (Å²) in [5, 5.41) is 23.3. The molecule has 6 heteroatoms. The molecule has 0 atom stereocenters. The summed E-state index contributed by atoms with van der Waals surface area (Å²) in [6, 6.07) is 7.48. The Labute approximate surface area is 143 Å². The number of hydrogen-bond acceptors (Lipinski definition) is 5. The minimum absolute atomic E-state index is 0.0476. The molecule has 1 aliphatic rings. The van der Waals surface area contributed by atoms with Crippen LogP contribution in [0.2, 0.25) is 0 Å². The van der Waals surface area contributed by atoms with Gasteiger partial charge in [-0.2, -0.15) is 0 Å². The first-order valence-electron chi connectivity index (χ1n) is 8.35. The average molecular weight is 336 g/mol. The van der Waals surface area contributed by atoms with Gasteiger partial charge in [0.15, 0.2) is 0 Å². The van der Waals surface area contributed by atoms with E-state index in [1.807, 2.05) is 45.0 Å². The summed E-state index contributed by atoms with van der Waals surface area (Å²) in [6.07, 6.45) is 0.643. The molecule has 3 N–H and O–H groups in total. The quantitative estimate of drug-likeness (QED) is 0.786. The fourth-order valence-electron chi connectivity index (χ4n) is 2.70. The summed E-state index contributed by atoms with van der Waals surface area (Å²) in [4.78, 5) is 13.7. The van der Waals surface area contributed by atoms with Crippen LogP contribution in [0.15, 0.2) is 24.3 Å². The molecule has 0 aromatic heterocycles. The number of rotatable bonds is 4. The van der Waals surface area contributed by atoms with Gasteiger partial charge in [0.05, 0.1) is 12.2 Å². The Morgan fingerprint density at radius 2 is 1.92 bits per heavy atom. The van der Waals surface area contributed by atoms with Crippen LogP contribution in [0.5, 0.6) is 0 Å². The SMILES string of the molecule is CC(C)(C)OC(=O)N1CCC(O)(CNc2ccccc2CO)CC1. The molecule has 134 valence electrons. The van der Waals surface area contributed by atoms with Crippen molar-refractivity contribution in [2.75, 3.05) is 25.0 Å². The topological polar surface area (TPSA) is 82.0 Å². The van der Waals surface area contributed by atoms with Gasteiger partial charge < -0.3 is 25.2 Å². The van der Waals surface area contributed by atoms with Gasteiger partial charge in [-0.25, -0.2) is 4.79 Å². The van der Waals surface area contributed by atoms with Crippen molar-refractivity contribution in [1.82, 2.24) is 4.90 Å².